The van der Waals surface area contributed by atoms with E-state index in [1.807, 2.05) is 6.92 Å². The highest BCUT2D eigenvalue weighted by atomic mass is 19.1. The van der Waals surface area contributed by atoms with Crippen LogP contribution in [0.25, 0.3) is 0 Å². The van der Waals surface area contributed by atoms with Crippen LogP contribution in [0.4, 0.5) is 4.39 Å². The van der Waals surface area contributed by atoms with Crippen molar-refractivity contribution >= 4 is 11.8 Å². The molecule has 90 valence electrons. The van der Waals surface area contributed by atoms with Gasteiger partial charge in [-0.25, -0.2) is 4.39 Å². The van der Waals surface area contributed by atoms with Crippen LogP contribution in [-0.4, -0.2) is 11.8 Å². The summed E-state index contributed by atoms with van der Waals surface area (Å²) in [5.41, 5.74) is 0.518. The molecule has 3 nitrogen and oxygen atoms in total. The molecule has 2 atom stereocenters. The number of benzene rings is 1. The van der Waals surface area contributed by atoms with E-state index in [-0.39, 0.29) is 30.0 Å². The fourth-order valence-corrected chi connectivity index (χ4v) is 2.40. The number of amides is 2. The molecular weight excluding hydrogens is 221 g/mol. The van der Waals surface area contributed by atoms with E-state index in [4.69, 9.17) is 0 Å². The Morgan fingerprint density at radius 1 is 1.41 bits per heavy atom. The van der Waals surface area contributed by atoms with E-state index in [0.717, 1.165) is 0 Å². The van der Waals surface area contributed by atoms with Gasteiger partial charge in [-0.05, 0) is 24.0 Å². The predicted octanol–water partition coefficient (Wildman–Crippen LogP) is 1.98. The Morgan fingerprint density at radius 3 is 2.65 bits per heavy atom. The van der Waals surface area contributed by atoms with E-state index in [2.05, 4.69) is 5.32 Å². The Kier molecular flexibility index (Phi) is 3.22. The fraction of sp³-hybridized carbons (Fsp3) is 0.385. The minimum absolute atomic E-state index is 0.158. The van der Waals surface area contributed by atoms with Crippen LogP contribution in [0, 0.1) is 11.7 Å². The zero-order chi connectivity index (χ0) is 12.4. The largest absolute Gasteiger partial charge is 0.296 e. The van der Waals surface area contributed by atoms with Gasteiger partial charge in [-0.2, -0.15) is 0 Å². The molecule has 1 aromatic rings. The van der Waals surface area contributed by atoms with Crippen molar-refractivity contribution in [3.05, 3.63) is 35.6 Å². The molecule has 1 N–H and O–H groups in total. The second-order valence-corrected chi connectivity index (χ2v) is 4.26. The number of hydrogen-bond acceptors (Lipinski definition) is 2. The van der Waals surface area contributed by atoms with Crippen LogP contribution in [0.3, 0.4) is 0 Å². The third-order valence-electron chi connectivity index (χ3n) is 3.23. The second-order valence-electron chi connectivity index (χ2n) is 4.26. The molecule has 0 bridgehead atoms. The molecule has 1 aliphatic heterocycles. The minimum Gasteiger partial charge on any atom is -0.296 e. The lowest BCUT2D eigenvalue weighted by molar-refractivity contribution is -0.126. The van der Waals surface area contributed by atoms with Crippen LogP contribution in [0.2, 0.25) is 0 Å². The molecule has 2 rings (SSSR count). The van der Waals surface area contributed by atoms with Gasteiger partial charge in [0.25, 0.3) is 0 Å². The van der Waals surface area contributed by atoms with E-state index in [1.54, 1.807) is 18.2 Å². The topological polar surface area (TPSA) is 46.2 Å². The summed E-state index contributed by atoms with van der Waals surface area (Å²) in [6.45, 7) is 1.90. The number of carbonyl (C=O) groups excluding carboxylic acids is 2. The van der Waals surface area contributed by atoms with Crippen LogP contribution in [0.5, 0.6) is 0 Å². The van der Waals surface area contributed by atoms with Crippen molar-refractivity contribution in [3.8, 4) is 0 Å². The maximum Gasteiger partial charge on any atom is 0.230 e. The number of imide groups is 1. The molecule has 1 fully saturated rings. The quantitative estimate of drug-likeness (QED) is 0.814. The van der Waals surface area contributed by atoms with Crippen LogP contribution < -0.4 is 5.32 Å². The van der Waals surface area contributed by atoms with Crippen molar-refractivity contribution in [2.24, 2.45) is 5.92 Å². The first-order valence-corrected chi connectivity index (χ1v) is 5.71. The van der Waals surface area contributed by atoms with Gasteiger partial charge in [-0.15, -0.1) is 0 Å². The lowest BCUT2D eigenvalue weighted by Crippen LogP contribution is -2.25. The third kappa shape index (κ3) is 2.20. The third-order valence-corrected chi connectivity index (χ3v) is 3.23. The summed E-state index contributed by atoms with van der Waals surface area (Å²) in [6, 6.07) is 6.42. The zero-order valence-electron chi connectivity index (χ0n) is 9.57. The number of nitrogens with one attached hydrogen (secondary N) is 1. The molecule has 0 spiro atoms. The maximum atomic E-state index is 13.7. The van der Waals surface area contributed by atoms with Crippen molar-refractivity contribution in [2.45, 2.75) is 25.7 Å². The molecule has 0 radical (unpaired) electrons. The molecule has 0 aromatic heterocycles. The van der Waals surface area contributed by atoms with Crippen molar-refractivity contribution in [1.82, 2.24) is 5.32 Å². The van der Waals surface area contributed by atoms with E-state index in [0.29, 0.717) is 12.0 Å². The summed E-state index contributed by atoms with van der Waals surface area (Å²) in [5, 5.41) is 2.27. The van der Waals surface area contributed by atoms with Crippen molar-refractivity contribution in [1.29, 1.82) is 0 Å². The summed E-state index contributed by atoms with van der Waals surface area (Å²) in [6.07, 6.45) is 0.790. The monoisotopic (exact) mass is 235 g/mol. The van der Waals surface area contributed by atoms with Crippen molar-refractivity contribution < 1.29 is 14.0 Å². The lowest BCUT2D eigenvalue weighted by atomic mass is 9.83. The number of halogens is 1. The highest BCUT2D eigenvalue weighted by Crippen LogP contribution is 2.34. The molecule has 4 heteroatoms. The Hall–Kier alpha value is -1.71. The lowest BCUT2D eigenvalue weighted by Gasteiger charge is -2.20. The Morgan fingerprint density at radius 2 is 2.12 bits per heavy atom. The molecule has 0 saturated carbocycles. The first-order chi connectivity index (χ1) is 8.13. The van der Waals surface area contributed by atoms with Gasteiger partial charge in [0, 0.05) is 6.42 Å². The molecule has 0 aliphatic carbocycles. The van der Waals surface area contributed by atoms with Gasteiger partial charge in [-0.1, -0.05) is 25.1 Å². The van der Waals surface area contributed by atoms with Gasteiger partial charge in [0.2, 0.25) is 11.8 Å². The molecule has 17 heavy (non-hydrogen) atoms. The second kappa shape index (κ2) is 4.65. The highest BCUT2D eigenvalue weighted by Gasteiger charge is 2.37. The van der Waals surface area contributed by atoms with Gasteiger partial charge in [0.1, 0.15) is 5.82 Å². The first-order valence-electron chi connectivity index (χ1n) is 5.71. The van der Waals surface area contributed by atoms with Gasteiger partial charge in [0.15, 0.2) is 0 Å². The predicted molar refractivity (Wildman–Crippen MR) is 60.7 cm³/mol. The highest BCUT2D eigenvalue weighted by molar-refractivity contribution is 6.03. The van der Waals surface area contributed by atoms with E-state index in [1.165, 1.54) is 6.07 Å². The summed E-state index contributed by atoms with van der Waals surface area (Å²) < 4.78 is 13.7. The minimum atomic E-state index is -0.440. The Bertz CT molecular complexity index is 458. The molecule has 2 amide bonds. The standard InChI is InChI=1S/C13H14FNO2/c1-2-8(9-5-3-4-6-11(9)14)10-7-12(16)15-13(10)17/h3-6,8,10H,2,7H2,1H3,(H,15,16,17). The SMILES string of the molecule is CCC(c1ccccc1F)C1CC(=O)NC1=O. The summed E-state index contributed by atoms with van der Waals surface area (Å²) in [4.78, 5) is 22.8. The Labute approximate surface area is 99.0 Å². The summed E-state index contributed by atoms with van der Waals surface area (Å²) in [7, 11) is 0. The maximum absolute atomic E-state index is 13.7. The van der Waals surface area contributed by atoms with Gasteiger partial charge >= 0.3 is 0 Å². The first kappa shape index (κ1) is 11.8. The van der Waals surface area contributed by atoms with E-state index < -0.39 is 5.92 Å². The van der Waals surface area contributed by atoms with E-state index >= 15 is 0 Å². The van der Waals surface area contributed by atoms with Gasteiger partial charge in [0.05, 0.1) is 5.92 Å². The molecular formula is C13H14FNO2. The average Bonchev–Trinajstić information content (AvgIpc) is 2.62. The fourth-order valence-electron chi connectivity index (χ4n) is 2.40. The average molecular weight is 235 g/mol. The number of hydrogen-bond donors (Lipinski definition) is 1. The van der Waals surface area contributed by atoms with Gasteiger partial charge in [-0.3, -0.25) is 14.9 Å². The smallest absolute Gasteiger partial charge is 0.230 e. The number of rotatable bonds is 3. The van der Waals surface area contributed by atoms with Crippen LogP contribution >= 0.6 is 0 Å². The van der Waals surface area contributed by atoms with Crippen LogP contribution in [-0.2, 0) is 9.59 Å². The summed E-state index contributed by atoms with van der Waals surface area (Å²) >= 11 is 0. The van der Waals surface area contributed by atoms with Crippen molar-refractivity contribution in [2.75, 3.05) is 0 Å². The number of carbonyl (C=O) groups is 2. The molecule has 1 aliphatic rings. The van der Waals surface area contributed by atoms with Gasteiger partial charge < -0.3 is 0 Å². The van der Waals surface area contributed by atoms with E-state index in [9.17, 15) is 14.0 Å². The molecule has 1 aromatic carbocycles. The van der Waals surface area contributed by atoms with Crippen molar-refractivity contribution in [3.63, 3.8) is 0 Å². The molecule has 1 saturated heterocycles. The summed E-state index contributed by atoms with van der Waals surface area (Å²) in [5.74, 6) is -1.54. The van der Waals surface area contributed by atoms with Crippen LogP contribution in [0.1, 0.15) is 31.2 Å². The van der Waals surface area contributed by atoms with Crippen LogP contribution in [0.15, 0.2) is 24.3 Å². The normalized spacial score (nSPS) is 21.4. The zero-order valence-corrected chi connectivity index (χ0v) is 9.57. The molecule has 1 heterocycles. The Balaban J connectivity index is 2.31. The molecule has 2 unspecified atom stereocenters.